The molecule has 0 aliphatic carbocycles. The molecule has 0 fully saturated rings. The van der Waals surface area contributed by atoms with Gasteiger partial charge in [0.15, 0.2) is 0 Å². The van der Waals surface area contributed by atoms with E-state index in [1.165, 1.54) is 0 Å². The molecule has 1 rings (SSSR count). The number of hydrogen-bond donors (Lipinski definition) is 2. The van der Waals surface area contributed by atoms with Gasteiger partial charge in [0.2, 0.25) is 5.91 Å². The van der Waals surface area contributed by atoms with Crippen molar-refractivity contribution < 1.29 is 4.79 Å². The Labute approximate surface area is 107 Å². The molecular weight excluding hydrogens is 232 g/mol. The molecule has 0 bridgehead atoms. The first kappa shape index (κ1) is 14.1. The lowest BCUT2D eigenvalue weighted by Gasteiger charge is -2.31. The minimum absolute atomic E-state index is 0.313. The number of hydrogen-bond acceptors (Lipinski definition) is 3. The number of benzene rings is 1. The van der Waals surface area contributed by atoms with Gasteiger partial charge in [0.05, 0.1) is 0 Å². The minimum atomic E-state index is -0.753. The number of primary amides is 1. The summed E-state index contributed by atoms with van der Waals surface area (Å²) in [5.74, 6) is 1.32. The lowest BCUT2D eigenvalue weighted by Crippen LogP contribution is -2.54. The van der Waals surface area contributed by atoms with Crippen LogP contribution in [0.3, 0.4) is 0 Å². The standard InChI is InChI=1S/C13H20N2OS/c1-3-15-13(12(14)16,10-17-4-2)11-8-6-5-7-9-11/h5-9,15H,3-4,10H2,1-2H3,(H2,14,16). The van der Waals surface area contributed by atoms with Crippen molar-refractivity contribution in [3.05, 3.63) is 35.9 Å². The molecular formula is C13H20N2OS. The second-order valence-electron chi connectivity index (χ2n) is 3.80. The lowest BCUT2D eigenvalue weighted by molar-refractivity contribution is -0.123. The fraction of sp³-hybridized carbons (Fsp3) is 0.462. The zero-order chi connectivity index (χ0) is 12.7. The average Bonchev–Trinajstić information content (AvgIpc) is 2.35. The predicted octanol–water partition coefficient (Wildman–Crippen LogP) is 1.73. The molecule has 1 amide bonds. The maximum absolute atomic E-state index is 11.9. The molecule has 3 N–H and O–H groups in total. The molecule has 0 saturated carbocycles. The highest BCUT2D eigenvalue weighted by Gasteiger charge is 2.37. The van der Waals surface area contributed by atoms with E-state index in [1.54, 1.807) is 11.8 Å². The van der Waals surface area contributed by atoms with Crippen molar-refractivity contribution in [3.63, 3.8) is 0 Å². The molecule has 1 aromatic carbocycles. The molecule has 0 aliphatic heterocycles. The zero-order valence-corrected chi connectivity index (χ0v) is 11.2. The molecule has 1 aromatic rings. The summed E-state index contributed by atoms with van der Waals surface area (Å²) in [5, 5.41) is 3.25. The molecule has 0 spiro atoms. The maximum Gasteiger partial charge on any atom is 0.243 e. The van der Waals surface area contributed by atoms with Gasteiger partial charge in [-0.05, 0) is 17.9 Å². The fourth-order valence-electron chi connectivity index (χ4n) is 1.82. The van der Waals surface area contributed by atoms with Crippen LogP contribution in [0.1, 0.15) is 19.4 Å². The fourth-order valence-corrected chi connectivity index (χ4v) is 2.74. The highest BCUT2D eigenvalue weighted by atomic mass is 32.2. The summed E-state index contributed by atoms with van der Waals surface area (Å²) >= 11 is 1.71. The normalized spacial score (nSPS) is 14.2. The summed E-state index contributed by atoms with van der Waals surface area (Å²) in [5.41, 5.74) is 5.80. The number of nitrogens with two attached hydrogens (primary N) is 1. The van der Waals surface area contributed by atoms with E-state index in [-0.39, 0.29) is 5.91 Å². The summed E-state index contributed by atoms with van der Waals surface area (Å²) < 4.78 is 0. The quantitative estimate of drug-likeness (QED) is 0.777. The molecule has 0 radical (unpaired) electrons. The minimum Gasteiger partial charge on any atom is -0.368 e. The lowest BCUT2D eigenvalue weighted by atomic mass is 9.91. The number of thioether (sulfide) groups is 1. The van der Waals surface area contributed by atoms with Crippen molar-refractivity contribution in [3.8, 4) is 0 Å². The van der Waals surface area contributed by atoms with Crippen molar-refractivity contribution >= 4 is 17.7 Å². The molecule has 1 unspecified atom stereocenters. The van der Waals surface area contributed by atoms with Crippen LogP contribution in [-0.4, -0.2) is 24.0 Å². The predicted molar refractivity (Wildman–Crippen MR) is 74.0 cm³/mol. The van der Waals surface area contributed by atoms with Gasteiger partial charge in [-0.2, -0.15) is 11.8 Å². The molecule has 3 nitrogen and oxygen atoms in total. The number of rotatable bonds is 7. The van der Waals surface area contributed by atoms with Gasteiger partial charge in [-0.25, -0.2) is 0 Å². The van der Waals surface area contributed by atoms with Crippen molar-refractivity contribution in [2.45, 2.75) is 19.4 Å². The third kappa shape index (κ3) is 3.23. The highest BCUT2D eigenvalue weighted by molar-refractivity contribution is 7.99. The van der Waals surface area contributed by atoms with Crippen molar-refractivity contribution in [2.75, 3.05) is 18.1 Å². The van der Waals surface area contributed by atoms with Crippen LogP contribution < -0.4 is 11.1 Å². The van der Waals surface area contributed by atoms with Crippen LogP contribution in [-0.2, 0) is 10.3 Å². The van der Waals surface area contributed by atoms with Crippen LogP contribution in [0.15, 0.2) is 30.3 Å². The van der Waals surface area contributed by atoms with Gasteiger partial charge in [0.1, 0.15) is 5.54 Å². The molecule has 0 aliphatic rings. The Morgan fingerprint density at radius 3 is 2.47 bits per heavy atom. The van der Waals surface area contributed by atoms with Gasteiger partial charge in [-0.15, -0.1) is 0 Å². The zero-order valence-electron chi connectivity index (χ0n) is 10.4. The van der Waals surface area contributed by atoms with Crippen LogP contribution in [0.25, 0.3) is 0 Å². The van der Waals surface area contributed by atoms with Crippen molar-refractivity contribution in [2.24, 2.45) is 5.73 Å². The molecule has 0 saturated heterocycles. The summed E-state index contributed by atoms with van der Waals surface area (Å²) in [6.07, 6.45) is 0. The summed E-state index contributed by atoms with van der Waals surface area (Å²) in [4.78, 5) is 11.9. The number of carbonyl (C=O) groups excluding carboxylic acids is 1. The van der Waals surface area contributed by atoms with Gasteiger partial charge in [-0.1, -0.05) is 44.2 Å². The van der Waals surface area contributed by atoms with E-state index in [1.807, 2.05) is 37.3 Å². The largest absolute Gasteiger partial charge is 0.368 e. The maximum atomic E-state index is 11.9. The van der Waals surface area contributed by atoms with Crippen LogP contribution in [0.4, 0.5) is 0 Å². The molecule has 17 heavy (non-hydrogen) atoms. The summed E-state index contributed by atoms with van der Waals surface area (Å²) in [6, 6.07) is 9.70. The van der Waals surface area contributed by atoms with E-state index in [2.05, 4.69) is 12.2 Å². The van der Waals surface area contributed by atoms with Crippen LogP contribution in [0.5, 0.6) is 0 Å². The Kier molecular flexibility index (Phi) is 5.51. The summed E-state index contributed by atoms with van der Waals surface area (Å²) in [7, 11) is 0. The van der Waals surface area contributed by atoms with E-state index >= 15 is 0 Å². The first-order chi connectivity index (χ1) is 8.17. The Bertz CT molecular complexity index is 356. The molecule has 94 valence electrons. The number of nitrogens with one attached hydrogen (secondary N) is 1. The summed E-state index contributed by atoms with van der Waals surface area (Å²) in [6.45, 7) is 4.77. The average molecular weight is 252 g/mol. The molecule has 0 heterocycles. The smallest absolute Gasteiger partial charge is 0.243 e. The Hall–Kier alpha value is -1.00. The van der Waals surface area contributed by atoms with Gasteiger partial charge in [-0.3, -0.25) is 10.1 Å². The van der Waals surface area contributed by atoms with Gasteiger partial charge >= 0.3 is 0 Å². The third-order valence-corrected chi connectivity index (χ3v) is 3.73. The molecule has 4 heteroatoms. The Morgan fingerprint density at radius 1 is 1.35 bits per heavy atom. The monoisotopic (exact) mass is 252 g/mol. The second-order valence-corrected chi connectivity index (χ2v) is 5.08. The SMILES string of the molecule is CCNC(CSCC)(C(N)=O)c1ccccc1. The highest BCUT2D eigenvalue weighted by Crippen LogP contribution is 2.25. The molecule has 0 aromatic heterocycles. The number of carbonyl (C=O) groups is 1. The first-order valence-corrected chi connectivity index (χ1v) is 7.01. The van der Waals surface area contributed by atoms with Gasteiger partial charge < -0.3 is 5.73 Å². The number of amides is 1. The van der Waals surface area contributed by atoms with Gasteiger partial charge in [0, 0.05) is 5.75 Å². The number of likely N-dealkylation sites (N-methyl/N-ethyl adjacent to an activating group) is 1. The van der Waals surface area contributed by atoms with Crippen LogP contribution in [0.2, 0.25) is 0 Å². The second kappa shape index (κ2) is 6.67. The van der Waals surface area contributed by atoms with E-state index in [0.717, 1.165) is 11.3 Å². The van der Waals surface area contributed by atoms with E-state index in [0.29, 0.717) is 12.3 Å². The van der Waals surface area contributed by atoms with E-state index in [4.69, 9.17) is 5.73 Å². The Balaban J connectivity index is 3.10. The molecule has 1 atom stereocenters. The van der Waals surface area contributed by atoms with Gasteiger partial charge in [0.25, 0.3) is 0 Å². The van der Waals surface area contributed by atoms with Crippen LogP contribution >= 0.6 is 11.8 Å². The topological polar surface area (TPSA) is 55.1 Å². The third-order valence-electron chi connectivity index (χ3n) is 2.69. The first-order valence-electron chi connectivity index (χ1n) is 5.85. The van der Waals surface area contributed by atoms with E-state index in [9.17, 15) is 4.79 Å². The van der Waals surface area contributed by atoms with Crippen molar-refractivity contribution in [1.29, 1.82) is 0 Å². The Morgan fingerprint density at radius 2 is 2.00 bits per heavy atom. The van der Waals surface area contributed by atoms with Crippen molar-refractivity contribution in [1.82, 2.24) is 5.32 Å². The van der Waals surface area contributed by atoms with Crippen LogP contribution in [0, 0.1) is 0 Å². The van der Waals surface area contributed by atoms with E-state index < -0.39 is 5.54 Å².